The molecule has 2 aromatic rings. The lowest BCUT2D eigenvalue weighted by atomic mass is 10.1. The second kappa shape index (κ2) is 4.87. The van der Waals surface area contributed by atoms with Crippen molar-refractivity contribution in [1.29, 1.82) is 0 Å². The highest BCUT2D eigenvalue weighted by molar-refractivity contribution is 5.75. The number of fused-ring (bicyclic) bond motifs is 2. The molecule has 1 aromatic carbocycles. The third kappa shape index (κ3) is 1.92. The Kier molecular flexibility index (Phi) is 2.96. The fourth-order valence-corrected chi connectivity index (χ4v) is 3.62. The Labute approximate surface area is 130 Å². The van der Waals surface area contributed by atoms with Gasteiger partial charge in [-0.1, -0.05) is 18.2 Å². The van der Waals surface area contributed by atoms with Crippen molar-refractivity contribution in [2.45, 2.75) is 26.3 Å². The molecule has 0 aliphatic carbocycles. The molecule has 0 spiro atoms. The van der Waals surface area contributed by atoms with Gasteiger partial charge in [-0.15, -0.1) is 0 Å². The minimum Gasteiger partial charge on any atom is -0.338 e. The number of hydrogen-bond acceptors (Lipinski definition) is 3. The van der Waals surface area contributed by atoms with Crippen LogP contribution in [0.15, 0.2) is 24.3 Å². The minimum atomic E-state index is 0.141. The predicted molar refractivity (Wildman–Crippen MR) is 85.2 cm³/mol. The fourth-order valence-electron chi connectivity index (χ4n) is 3.62. The standard InChI is InChI=1S/C17H20N4O/c1-12(22)20-9-8-16-14(11-20)17(18-19(16)2)21-10-7-13-5-3-4-6-15(13)21/h3-6H,7-11H2,1-2H3. The highest BCUT2D eigenvalue weighted by Gasteiger charge is 2.30. The summed E-state index contributed by atoms with van der Waals surface area (Å²) >= 11 is 0. The molecule has 5 heteroatoms. The molecule has 0 N–H and O–H groups in total. The van der Waals surface area contributed by atoms with E-state index >= 15 is 0 Å². The van der Waals surface area contributed by atoms with Gasteiger partial charge in [-0.3, -0.25) is 9.48 Å². The van der Waals surface area contributed by atoms with Crippen LogP contribution in [0.2, 0.25) is 0 Å². The van der Waals surface area contributed by atoms with E-state index in [9.17, 15) is 4.79 Å². The number of carbonyl (C=O) groups excluding carboxylic acids is 1. The number of aromatic nitrogens is 2. The summed E-state index contributed by atoms with van der Waals surface area (Å²) in [5.41, 5.74) is 5.10. The van der Waals surface area contributed by atoms with E-state index in [-0.39, 0.29) is 5.91 Å². The molecule has 2 aliphatic heterocycles. The van der Waals surface area contributed by atoms with E-state index in [0.29, 0.717) is 6.54 Å². The topological polar surface area (TPSA) is 41.4 Å². The van der Waals surface area contributed by atoms with Gasteiger partial charge >= 0.3 is 0 Å². The smallest absolute Gasteiger partial charge is 0.219 e. The molecule has 0 bridgehead atoms. The number of hydrogen-bond donors (Lipinski definition) is 0. The molecule has 0 radical (unpaired) electrons. The molecule has 22 heavy (non-hydrogen) atoms. The molecule has 1 aromatic heterocycles. The van der Waals surface area contributed by atoms with Crippen LogP contribution in [0.5, 0.6) is 0 Å². The molecular weight excluding hydrogens is 276 g/mol. The van der Waals surface area contributed by atoms with Crippen molar-refractivity contribution in [3.63, 3.8) is 0 Å². The van der Waals surface area contributed by atoms with Crippen LogP contribution in [0, 0.1) is 0 Å². The normalized spacial score (nSPS) is 16.6. The van der Waals surface area contributed by atoms with Crippen LogP contribution in [0.25, 0.3) is 0 Å². The summed E-state index contributed by atoms with van der Waals surface area (Å²) < 4.78 is 1.99. The number of aryl methyl sites for hydroxylation is 1. The van der Waals surface area contributed by atoms with Crippen molar-refractivity contribution in [3.8, 4) is 0 Å². The van der Waals surface area contributed by atoms with Gasteiger partial charge in [0.05, 0.1) is 6.54 Å². The molecule has 0 atom stereocenters. The summed E-state index contributed by atoms with van der Waals surface area (Å²) in [6.45, 7) is 4.07. The first-order valence-corrected chi connectivity index (χ1v) is 7.81. The third-order valence-electron chi connectivity index (χ3n) is 4.81. The van der Waals surface area contributed by atoms with Gasteiger partial charge in [0, 0.05) is 50.4 Å². The Bertz CT molecular complexity index is 749. The Balaban J connectivity index is 1.77. The van der Waals surface area contributed by atoms with Gasteiger partial charge in [0.1, 0.15) is 0 Å². The predicted octanol–water partition coefficient (Wildman–Crippen LogP) is 2.02. The van der Waals surface area contributed by atoms with Crippen LogP contribution in [-0.4, -0.2) is 33.7 Å². The number of rotatable bonds is 1. The molecular formula is C17H20N4O. The first-order valence-electron chi connectivity index (χ1n) is 7.81. The zero-order chi connectivity index (χ0) is 15.3. The van der Waals surface area contributed by atoms with E-state index in [0.717, 1.165) is 31.7 Å². The third-order valence-corrected chi connectivity index (χ3v) is 4.81. The summed E-state index contributed by atoms with van der Waals surface area (Å²) in [7, 11) is 2.01. The zero-order valence-electron chi connectivity index (χ0n) is 13.0. The molecule has 4 rings (SSSR count). The Morgan fingerprint density at radius 3 is 2.82 bits per heavy atom. The maximum absolute atomic E-state index is 11.7. The van der Waals surface area contributed by atoms with Crippen LogP contribution in [-0.2, 0) is 31.2 Å². The number of anilines is 2. The average Bonchev–Trinajstić information content (AvgIpc) is 3.08. The maximum atomic E-state index is 11.7. The lowest BCUT2D eigenvalue weighted by Gasteiger charge is -2.28. The highest BCUT2D eigenvalue weighted by Crippen LogP contribution is 2.37. The van der Waals surface area contributed by atoms with Crippen LogP contribution in [0.4, 0.5) is 11.5 Å². The van der Waals surface area contributed by atoms with E-state index in [1.807, 2.05) is 16.6 Å². The molecule has 0 saturated heterocycles. The highest BCUT2D eigenvalue weighted by atomic mass is 16.2. The molecule has 2 aliphatic rings. The first-order chi connectivity index (χ1) is 10.6. The van der Waals surface area contributed by atoms with Gasteiger partial charge in [0.15, 0.2) is 5.82 Å². The molecule has 3 heterocycles. The first kappa shape index (κ1) is 13.4. The summed E-state index contributed by atoms with van der Waals surface area (Å²) in [6, 6.07) is 8.52. The van der Waals surface area contributed by atoms with Crippen LogP contribution < -0.4 is 4.90 Å². The summed E-state index contributed by atoms with van der Waals surface area (Å²) in [5, 5.41) is 4.77. The van der Waals surface area contributed by atoms with Gasteiger partial charge in [-0.25, -0.2) is 0 Å². The lowest BCUT2D eigenvalue weighted by molar-refractivity contribution is -0.129. The largest absolute Gasteiger partial charge is 0.338 e. The second-order valence-electron chi connectivity index (χ2n) is 6.09. The fraction of sp³-hybridized carbons (Fsp3) is 0.412. The van der Waals surface area contributed by atoms with E-state index in [1.165, 1.54) is 22.5 Å². The van der Waals surface area contributed by atoms with Gasteiger partial charge in [-0.05, 0) is 18.1 Å². The van der Waals surface area contributed by atoms with Gasteiger partial charge in [0.25, 0.3) is 0 Å². The van der Waals surface area contributed by atoms with Crippen molar-refractivity contribution in [2.75, 3.05) is 18.0 Å². The van der Waals surface area contributed by atoms with Gasteiger partial charge < -0.3 is 9.80 Å². The van der Waals surface area contributed by atoms with Crippen molar-refractivity contribution in [3.05, 3.63) is 41.1 Å². The Hall–Kier alpha value is -2.30. The van der Waals surface area contributed by atoms with Crippen molar-refractivity contribution >= 4 is 17.4 Å². The van der Waals surface area contributed by atoms with Crippen LogP contribution in [0.1, 0.15) is 23.7 Å². The number of nitrogens with zero attached hydrogens (tertiary/aromatic N) is 4. The van der Waals surface area contributed by atoms with E-state index in [1.54, 1.807) is 6.92 Å². The van der Waals surface area contributed by atoms with Gasteiger partial charge in [0.2, 0.25) is 5.91 Å². The lowest BCUT2D eigenvalue weighted by Crippen LogP contribution is -2.35. The molecule has 0 unspecified atom stereocenters. The minimum absolute atomic E-state index is 0.141. The van der Waals surface area contributed by atoms with Gasteiger partial charge in [-0.2, -0.15) is 5.10 Å². The zero-order valence-corrected chi connectivity index (χ0v) is 13.0. The summed E-state index contributed by atoms with van der Waals surface area (Å²) in [5.74, 6) is 1.16. The quantitative estimate of drug-likeness (QED) is 0.808. The Morgan fingerprint density at radius 1 is 1.18 bits per heavy atom. The second-order valence-corrected chi connectivity index (χ2v) is 6.09. The van der Waals surface area contributed by atoms with Crippen LogP contribution >= 0.6 is 0 Å². The van der Waals surface area contributed by atoms with Crippen molar-refractivity contribution in [1.82, 2.24) is 14.7 Å². The molecule has 1 amide bonds. The average molecular weight is 296 g/mol. The van der Waals surface area contributed by atoms with Crippen molar-refractivity contribution in [2.24, 2.45) is 7.05 Å². The molecule has 5 nitrogen and oxygen atoms in total. The Morgan fingerprint density at radius 2 is 2.00 bits per heavy atom. The monoisotopic (exact) mass is 296 g/mol. The SMILES string of the molecule is CC(=O)N1CCc2c(c(N3CCc4ccccc43)nn2C)C1. The summed E-state index contributed by atoms with van der Waals surface area (Å²) in [6.07, 6.45) is 1.94. The van der Waals surface area contributed by atoms with E-state index in [2.05, 4.69) is 29.2 Å². The van der Waals surface area contributed by atoms with E-state index in [4.69, 9.17) is 5.10 Å². The molecule has 114 valence electrons. The van der Waals surface area contributed by atoms with Crippen molar-refractivity contribution < 1.29 is 4.79 Å². The number of carbonyl (C=O) groups is 1. The van der Waals surface area contributed by atoms with Crippen LogP contribution in [0.3, 0.4) is 0 Å². The number of amides is 1. The van der Waals surface area contributed by atoms with E-state index < -0.39 is 0 Å². The number of para-hydroxylation sites is 1. The summed E-state index contributed by atoms with van der Waals surface area (Å²) in [4.78, 5) is 15.9. The molecule has 0 fully saturated rings. The number of benzene rings is 1. The maximum Gasteiger partial charge on any atom is 0.219 e. The molecule has 0 saturated carbocycles.